The molecular weight excluding hydrogens is 448 g/mol. The second kappa shape index (κ2) is 9.87. The molecule has 0 spiro atoms. The molecule has 8 heteroatoms. The van der Waals surface area contributed by atoms with E-state index in [0.29, 0.717) is 24.3 Å². The number of amides is 2. The molecule has 7 nitrogen and oxygen atoms in total. The van der Waals surface area contributed by atoms with Gasteiger partial charge in [-0.3, -0.25) is 9.59 Å². The van der Waals surface area contributed by atoms with Gasteiger partial charge in [0.15, 0.2) is 12.2 Å². The summed E-state index contributed by atoms with van der Waals surface area (Å²) in [6, 6.07) is 13.5. The third-order valence-electron chi connectivity index (χ3n) is 6.08. The molecule has 1 unspecified atom stereocenters. The van der Waals surface area contributed by atoms with E-state index in [1.807, 2.05) is 30.3 Å². The number of hydrogen-bond acceptors (Lipinski definition) is 6. The summed E-state index contributed by atoms with van der Waals surface area (Å²) >= 11 is 1.48. The minimum absolute atomic E-state index is 0.0374. The summed E-state index contributed by atoms with van der Waals surface area (Å²) in [6.45, 7) is 2.31. The molecule has 3 aromatic rings. The molecule has 2 aromatic carbocycles. The van der Waals surface area contributed by atoms with Gasteiger partial charge in [0.25, 0.3) is 5.91 Å². The maximum Gasteiger partial charge on any atom is 0.255 e. The maximum absolute atomic E-state index is 12.9. The first kappa shape index (κ1) is 22.4. The van der Waals surface area contributed by atoms with Crippen LogP contribution in [0.1, 0.15) is 39.2 Å². The fourth-order valence-electron chi connectivity index (χ4n) is 4.22. The summed E-state index contributed by atoms with van der Waals surface area (Å²) in [4.78, 5) is 32.6. The molecule has 1 aromatic heterocycles. The van der Waals surface area contributed by atoms with Crippen molar-refractivity contribution in [2.24, 2.45) is 0 Å². The number of aromatic nitrogens is 1. The predicted octanol–water partition coefficient (Wildman–Crippen LogP) is 4.08. The molecule has 2 N–H and O–H groups in total. The van der Waals surface area contributed by atoms with Gasteiger partial charge in [-0.2, -0.15) is 0 Å². The van der Waals surface area contributed by atoms with Crippen molar-refractivity contribution in [3.05, 3.63) is 89.1 Å². The lowest BCUT2D eigenvalue weighted by Crippen LogP contribution is -2.31. The maximum atomic E-state index is 12.9. The number of nitrogens with one attached hydrogen (secondary N) is 2. The molecule has 0 aliphatic carbocycles. The van der Waals surface area contributed by atoms with Gasteiger partial charge in [0.1, 0.15) is 0 Å². The summed E-state index contributed by atoms with van der Waals surface area (Å²) < 4.78 is 5.31. The van der Waals surface area contributed by atoms with Crippen molar-refractivity contribution in [3.63, 3.8) is 0 Å². The summed E-state index contributed by atoms with van der Waals surface area (Å²) in [5, 5.41) is 5.79. The molecule has 3 heterocycles. The molecular formula is C26H26N4O3S. The van der Waals surface area contributed by atoms with Gasteiger partial charge in [0.05, 0.1) is 11.4 Å². The normalized spacial score (nSPS) is 17.7. The van der Waals surface area contributed by atoms with Crippen molar-refractivity contribution in [1.29, 1.82) is 0 Å². The Balaban J connectivity index is 1.17. The van der Waals surface area contributed by atoms with Crippen molar-refractivity contribution in [1.82, 2.24) is 15.2 Å². The first-order valence-corrected chi connectivity index (χ1v) is 12.2. The average molecular weight is 475 g/mol. The Kier molecular flexibility index (Phi) is 6.51. The molecule has 0 fully saturated rings. The summed E-state index contributed by atoms with van der Waals surface area (Å²) in [7, 11) is 2.11. The van der Waals surface area contributed by atoms with Crippen molar-refractivity contribution in [3.8, 4) is 0 Å². The molecule has 5 rings (SSSR count). The Labute approximate surface area is 202 Å². The van der Waals surface area contributed by atoms with Crippen molar-refractivity contribution in [2.45, 2.75) is 31.2 Å². The van der Waals surface area contributed by atoms with E-state index < -0.39 is 0 Å². The van der Waals surface area contributed by atoms with E-state index >= 15 is 0 Å². The Morgan fingerprint density at radius 3 is 2.97 bits per heavy atom. The van der Waals surface area contributed by atoms with Gasteiger partial charge in [-0.25, -0.2) is 4.98 Å². The fourth-order valence-corrected chi connectivity index (χ4v) is 5.32. The first-order chi connectivity index (χ1) is 16.5. The second-order valence-corrected chi connectivity index (χ2v) is 9.86. The SMILES string of the molecule is CN1CCc2ccc(NC(=O)c3cccc(CNC(=O)C4CC=C(c5cnco5)S4)c3)cc2C1. The van der Waals surface area contributed by atoms with Gasteiger partial charge in [0.2, 0.25) is 5.91 Å². The van der Waals surface area contributed by atoms with Crippen LogP contribution >= 0.6 is 11.8 Å². The first-order valence-electron chi connectivity index (χ1n) is 11.3. The van der Waals surface area contributed by atoms with Crippen LogP contribution in [0.5, 0.6) is 0 Å². The van der Waals surface area contributed by atoms with Gasteiger partial charge in [-0.1, -0.05) is 24.3 Å². The van der Waals surface area contributed by atoms with Crippen LogP contribution in [0.25, 0.3) is 4.91 Å². The Morgan fingerprint density at radius 1 is 1.21 bits per heavy atom. The molecule has 2 aliphatic rings. The van der Waals surface area contributed by atoms with Crippen LogP contribution in [0, 0.1) is 0 Å². The molecule has 1 atom stereocenters. The van der Waals surface area contributed by atoms with E-state index in [0.717, 1.165) is 35.7 Å². The number of hydrogen-bond donors (Lipinski definition) is 2. The van der Waals surface area contributed by atoms with Crippen LogP contribution in [-0.2, 0) is 24.3 Å². The lowest BCUT2D eigenvalue weighted by molar-refractivity contribution is -0.120. The number of fused-ring (bicyclic) bond motifs is 1. The molecule has 0 saturated carbocycles. The van der Waals surface area contributed by atoms with E-state index in [1.54, 1.807) is 12.3 Å². The fraction of sp³-hybridized carbons (Fsp3) is 0.269. The molecule has 2 aliphatic heterocycles. The number of carbonyl (C=O) groups is 2. The molecule has 174 valence electrons. The lowest BCUT2D eigenvalue weighted by Gasteiger charge is -2.25. The summed E-state index contributed by atoms with van der Waals surface area (Å²) in [5.74, 6) is 0.485. The highest BCUT2D eigenvalue weighted by atomic mass is 32.2. The van der Waals surface area contributed by atoms with E-state index in [9.17, 15) is 9.59 Å². The largest absolute Gasteiger partial charge is 0.443 e. The van der Waals surface area contributed by atoms with Crippen LogP contribution < -0.4 is 10.6 Å². The highest BCUT2D eigenvalue weighted by Crippen LogP contribution is 2.39. The summed E-state index contributed by atoms with van der Waals surface area (Å²) in [6.07, 6.45) is 6.71. The molecule has 0 saturated heterocycles. The molecule has 0 radical (unpaired) electrons. The van der Waals surface area contributed by atoms with Gasteiger partial charge < -0.3 is 20.0 Å². The Hall–Kier alpha value is -3.36. The van der Waals surface area contributed by atoms with E-state index in [-0.39, 0.29) is 17.1 Å². The second-order valence-electron chi connectivity index (χ2n) is 8.62. The minimum Gasteiger partial charge on any atom is -0.443 e. The Morgan fingerprint density at radius 2 is 2.12 bits per heavy atom. The average Bonchev–Trinajstić information content (AvgIpc) is 3.55. The number of oxazole rings is 1. The number of anilines is 1. The minimum atomic E-state index is -0.199. The lowest BCUT2D eigenvalue weighted by atomic mass is 9.99. The monoisotopic (exact) mass is 474 g/mol. The van der Waals surface area contributed by atoms with Crippen LogP contribution in [-0.4, -0.2) is 40.5 Å². The van der Waals surface area contributed by atoms with Crippen LogP contribution in [0.2, 0.25) is 0 Å². The van der Waals surface area contributed by atoms with Crippen molar-refractivity contribution in [2.75, 3.05) is 18.9 Å². The highest BCUT2D eigenvalue weighted by molar-refractivity contribution is 8.09. The number of nitrogens with zero attached hydrogens (tertiary/aromatic N) is 2. The number of allylic oxidation sites excluding steroid dienone is 1. The van der Waals surface area contributed by atoms with Crippen LogP contribution in [0.3, 0.4) is 0 Å². The number of likely N-dealkylation sites (N-methyl/N-ethyl adjacent to an activating group) is 1. The van der Waals surface area contributed by atoms with Crippen molar-refractivity contribution < 1.29 is 14.0 Å². The molecule has 0 bridgehead atoms. The standard InChI is InChI=1S/C26H26N4O3S/c1-30-10-9-18-5-6-21(12-20(18)15-30)29-25(31)19-4-2-3-17(11-19)13-28-26(32)24-8-7-23(34-24)22-14-27-16-33-22/h2-7,11-12,14,16,24H,8-10,13,15H2,1H3,(H,28,32)(H,29,31). The van der Waals surface area contributed by atoms with E-state index in [4.69, 9.17) is 4.42 Å². The number of rotatable bonds is 6. The quantitative estimate of drug-likeness (QED) is 0.560. The molecule has 34 heavy (non-hydrogen) atoms. The van der Waals surface area contributed by atoms with Gasteiger partial charge in [-0.05, 0) is 60.8 Å². The van der Waals surface area contributed by atoms with E-state index in [1.165, 1.54) is 29.3 Å². The number of carbonyl (C=O) groups excluding carboxylic acids is 2. The zero-order valence-corrected chi connectivity index (χ0v) is 19.7. The third kappa shape index (κ3) is 5.08. The van der Waals surface area contributed by atoms with Gasteiger partial charge in [0, 0.05) is 35.8 Å². The Bertz CT molecular complexity index is 1240. The van der Waals surface area contributed by atoms with Crippen LogP contribution in [0.4, 0.5) is 5.69 Å². The number of thioether (sulfide) groups is 1. The molecule has 2 amide bonds. The van der Waals surface area contributed by atoms with Gasteiger partial charge >= 0.3 is 0 Å². The zero-order valence-electron chi connectivity index (χ0n) is 18.9. The smallest absolute Gasteiger partial charge is 0.255 e. The highest BCUT2D eigenvalue weighted by Gasteiger charge is 2.26. The van der Waals surface area contributed by atoms with E-state index in [2.05, 4.69) is 39.7 Å². The van der Waals surface area contributed by atoms with Crippen LogP contribution in [0.15, 0.2) is 65.5 Å². The summed E-state index contributed by atoms with van der Waals surface area (Å²) in [5.41, 5.74) is 4.84. The van der Waals surface area contributed by atoms with Crippen molar-refractivity contribution >= 4 is 34.2 Å². The topological polar surface area (TPSA) is 87.5 Å². The number of benzene rings is 2. The predicted molar refractivity (Wildman–Crippen MR) is 133 cm³/mol. The van der Waals surface area contributed by atoms with Gasteiger partial charge in [-0.15, -0.1) is 11.8 Å². The third-order valence-corrected chi connectivity index (χ3v) is 7.39. The zero-order chi connectivity index (χ0) is 23.5.